The summed E-state index contributed by atoms with van der Waals surface area (Å²) in [5, 5.41) is 7.52. The number of amides is 1. The zero-order chi connectivity index (χ0) is 13.9. The van der Waals surface area contributed by atoms with Crippen molar-refractivity contribution in [1.82, 2.24) is 25.0 Å². The highest BCUT2D eigenvalue weighted by Crippen LogP contribution is 2.23. The predicted molar refractivity (Wildman–Crippen MR) is 74.1 cm³/mol. The smallest absolute Gasteiger partial charge is 0.273 e. The summed E-state index contributed by atoms with van der Waals surface area (Å²) >= 11 is 0. The van der Waals surface area contributed by atoms with Gasteiger partial charge in [0.25, 0.3) is 5.91 Å². The lowest BCUT2D eigenvalue weighted by Gasteiger charge is -2.35. The number of hydrogen-bond acceptors (Lipinski definition) is 4. The topological polar surface area (TPSA) is 63.1 Å². The van der Waals surface area contributed by atoms with E-state index in [1.165, 1.54) is 0 Å². The molecule has 104 valence electrons. The average Bonchev–Trinajstić information content (AvgIpc) is 2.94. The maximum Gasteiger partial charge on any atom is 0.273 e. The van der Waals surface area contributed by atoms with Gasteiger partial charge in [-0.3, -0.25) is 14.5 Å². The molecule has 1 aliphatic heterocycles. The lowest BCUT2D eigenvalue weighted by Crippen LogP contribution is -2.48. The third-order valence-electron chi connectivity index (χ3n) is 3.50. The van der Waals surface area contributed by atoms with Gasteiger partial charge < -0.3 is 10.2 Å². The Kier molecular flexibility index (Phi) is 3.47. The molecule has 6 nitrogen and oxygen atoms in total. The maximum atomic E-state index is 12.6. The van der Waals surface area contributed by atoms with Crippen molar-refractivity contribution in [3.8, 4) is 0 Å². The van der Waals surface area contributed by atoms with E-state index in [4.69, 9.17) is 0 Å². The molecule has 2 aromatic heterocycles. The molecule has 1 saturated heterocycles. The quantitative estimate of drug-likeness (QED) is 0.869. The monoisotopic (exact) mass is 271 g/mol. The van der Waals surface area contributed by atoms with Crippen LogP contribution in [0.25, 0.3) is 0 Å². The molecule has 1 N–H and O–H groups in total. The van der Waals surface area contributed by atoms with Gasteiger partial charge in [0, 0.05) is 44.6 Å². The van der Waals surface area contributed by atoms with Gasteiger partial charge in [-0.15, -0.1) is 0 Å². The Morgan fingerprint density at radius 1 is 1.45 bits per heavy atom. The van der Waals surface area contributed by atoms with Gasteiger partial charge >= 0.3 is 0 Å². The number of carbonyl (C=O) groups is 1. The lowest BCUT2D eigenvalue weighted by atomic mass is 10.1. The molecular formula is C14H17N5O. The van der Waals surface area contributed by atoms with Crippen molar-refractivity contribution in [3.63, 3.8) is 0 Å². The Hall–Kier alpha value is -2.21. The minimum absolute atomic E-state index is 0.00644. The number of hydrogen-bond donors (Lipinski definition) is 1. The number of rotatable bonds is 2. The first-order chi connectivity index (χ1) is 9.75. The van der Waals surface area contributed by atoms with Crippen LogP contribution in [0.5, 0.6) is 0 Å². The highest BCUT2D eigenvalue weighted by atomic mass is 16.2. The van der Waals surface area contributed by atoms with E-state index in [1.54, 1.807) is 16.9 Å². The summed E-state index contributed by atoms with van der Waals surface area (Å²) < 4.78 is 1.76. The fraction of sp³-hybridized carbons (Fsp3) is 0.357. The summed E-state index contributed by atoms with van der Waals surface area (Å²) in [7, 11) is 1.88. The first kappa shape index (κ1) is 12.8. The van der Waals surface area contributed by atoms with Gasteiger partial charge in [0.15, 0.2) is 0 Å². The summed E-state index contributed by atoms with van der Waals surface area (Å²) in [6.45, 7) is 2.22. The summed E-state index contributed by atoms with van der Waals surface area (Å²) in [5.41, 5.74) is 1.53. The van der Waals surface area contributed by atoms with Gasteiger partial charge in [-0.25, -0.2) is 0 Å². The van der Waals surface area contributed by atoms with Gasteiger partial charge in [-0.1, -0.05) is 6.07 Å². The van der Waals surface area contributed by atoms with Crippen molar-refractivity contribution in [2.45, 2.75) is 6.04 Å². The molecule has 0 saturated carbocycles. The van der Waals surface area contributed by atoms with Crippen LogP contribution in [0.1, 0.15) is 22.1 Å². The predicted octanol–water partition coefficient (Wildman–Crippen LogP) is 0.602. The number of pyridine rings is 1. The van der Waals surface area contributed by atoms with E-state index < -0.39 is 0 Å². The van der Waals surface area contributed by atoms with Crippen LogP contribution in [-0.2, 0) is 7.05 Å². The number of nitrogens with one attached hydrogen (secondary N) is 1. The fourth-order valence-electron chi connectivity index (χ4n) is 2.49. The van der Waals surface area contributed by atoms with Crippen LogP contribution in [0, 0.1) is 0 Å². The van der Waals surface area contributed by atoms with E-state index in [1.807, 2.05) is 36.5 Å². The molecule has 1 amide bonds. The van der Waals surface area contributed by atoms with Gasteiger partial charge in [-0.05, 0) is 12.1 Å². The molecular weight excluding hydrogens is 254 g/mol. The summed E-state index contributed by atoms with van der Waals surface area (Å²) in [5.74, 6) is -0.0269. The zero-order valence-electron chi connectivity index (χ0n) is 11.4. The molecule has 1 fully saturated rings. The molecule has 1 atom stereocenters. The van der Waals surface area contributed by atoms with E-state index >= 15 is 0 Å². The van der Waals surface area contributed by atoms with Crippen LogP contribution < -0.4 is 5.32 Å². The first-order valence-corrected chi connectivity index (χ1v) is 6.67. The molecule has 6 heteroatoms. The second kappa shape index (κ2) is 5.42. The normalized spacial score (nSPS) is 19.1. The van der Waals surface area contributed by atoms with Crippen LogP contribution in [0.2, 0.25) is 0 Å². The Labute approximate surface area is 117 Å². The second-order valence-corrected chi connectivity index (χ2v) is 4.88. The van der Waals surface area contributed by atoms with Crippen molar-refractivity contribution in [3.05, 3.63) is 48.0 Å². The largest absolute Gasteiger partial charge is 0.328 e. The number of carbonyl (C=O) groups excluding carboxylic acids is 1. The minimum Gasteiger partial charge on any atom is -0.328 e. The van der Waals surface area contributed by atoms with Gasteiger partial charge in [0.05, 0.1) is 12.2 Å². The number of piperazine rings is 1. The van der Waals surface area contributed by atoms with Crippen molar-refractivity contribution in [2.75, 3.05) is 19.6 Å². The van der Waals surface area contributed by atoms with Crippen LogP contribution in [0.15, 0.2) is 36.8 Å². The van der Waals surface area contributed by atoms with E-state index in [9.17, 15) is 4.79 Å². The Bertz CT molecular complexity index is 595. The molecule has 0 aromatic carbocycles. The standard InChI is InChI=1S/C14H17N5O/c1-18-10-11(8-17-18)13-9-15-6-7-19(13)14(20)12-4-2-3-5-16-12/h2-5,8,10,13,15H,6-7,9H2,1H3. The molecule has 3 rings (SSSR count). The Balaban J connectivity index is 1.87. The molecule has 2 aromatic rings. The third-order valence-corrected chi connectivity index (χ3v) is 3.50. The SMILES string of the molecule is Cn1cc(C2CNCCN2C(=O)c2ccccn2)cn1. The zero-order valence-corrected chi connectivity index (χ0v) is 11.4. The second-order valence-electron chi connectivity index (χ2n) is 4.88. The van der Waals surface area contributed by atoms with E-state index in [-0.39, 0.29) is 11.9 Å². The van der Waals surface area contributed by atoms with Gasteiger partial charge in [0.2, 0.25) is 0 Å². The summed E-state index contributed by atoms with van der Waals surface area (Å²) in [6, 6.07) is 5.41. The molecule has 0 radical (unpaired) electrons. The van der Waals surface area contributed by atoms with Crippen molar-refractivity contribution >= 4 is 5.91 Å². The van der Waals surface area contributed by atoms with Crippen molar-refractivity contribution in [2.24, 2.45) is 7.05 Å². The number of aryl methyl sites for hydroxylation is 1. The van der Waals surface area contributed by atoms with Crippen LogP contribution >= 0.6 is 0 Å². The Morgan fingerprint density at radius 3 is 3.05 bits per heavy atom. The molecule has 1 unspecified atom stereocenters. The van der Waals surface area contributed by atoms with Gasteiger partial charge in [-0.2, -0.15) is 5.10 Å². The third kappa shape index (κ3) is 2.42. The van der Waals surface area contributed by atoms with Crippen LogP contribution in [0.4, 0.5) is 0 Å². The average molecular weight is 271 g/mol. The fourth-order valence-corrected chi connectivity index (χ4v) is 2.49. The number of aromatic nitrogens is 3. The molecule has 20 heavy (non-hydrogen) atoms. The van der Waals surface area contributed by atoms with E-state index in [0.717, 1.165) is 18.7 Å². The first-order valence-electron chi connectivity index (χ1n) is 6.67. The minimum atomic E-state index is -0.0269. The summed E-state index contributed by atoms with van der Waals surface area (Å²) in [4.78, 5) is 18.6. The van der Waals surface area contributed by atoms with E-state index in [2.05, 4.69) is 15.4 Å². The highest BCUT2D eigenvalue weighted by Gasteiger charge is 2.29. The van der Waals surface area contributed by atoms with Gasteiger partial charge in [0.1, 0.15) is 5.69 Å². The highest BCUT2D eigenvalue weighted by molar-refractivity contribution is 5.92. The van der Waals surface area contributed by atoms with Crippen molar-refractivity contribution < 1.29 is 4.79 Å². The summed E-state index contributed by atoms with van der Waals surface area (Å²) in [6.07, 6.45) is 5.42. The molecule has 0 spiro atoms. The van der Waals surface area contributed by atoms with E-state index in [0.29, 0.717) is 12.2 Å². The van der Waals surface area contributed by atoms with Crippen molar-refractivity contribution in [1.29, 1.82) is 0 Å². The maximum absolute atomic E-state index is 12.6. The van der Waals surface area contributed by atoms with Crippen LogP contribution in [0.3, 0.4) is 0 Å². The number of nitrogens with zero attached hydrogens (tertiary/aromatic N) is 4. The molecule has 0 bridgehead atoms. The molecule has 0 aliphatic carbocycles. The molecule has 1 aliphatic rings. The molecule has 3 heterocycles. The van der Waals surface area contributed by atoms with Crippen LogP contribution in [-0.4, -0.2) is 45.2 Å². The lowest BCUT2D eigenvalue weighted by molar-refractivity contribution is 0.0628. The Morgan fingerprint density at radius 2 is 2.35 bits per heavy atom.